The number of fused-ring (bicyclic) bond motifs is 1. The Hall–Kier alpha value is -9.45. The molecule has 2 aliphatic rings. The molecule has 10 amide bonds. The Balaban J connectivity index is 1.23. The van der Waals surface area contributed by atoms with Crippen LogP contribution in [0, 0.1) is 17.2 Å². The number of nitrogens with one attached hydrogen (secondary N) is 12. The van der Waals surface area contributed by atoms with Gasteiger partial charge in [0.1, 0.15) is 60.1 Å². The van der Waals surface area contributed by atoms with Gasteiger partial charge in [0, 0.05) is 81.2 Å². The summed E-state index contributed by atoms with van der Waals surface area (Å²) in [4.78, 5) is 169. The largest absolute Gasteiger partial charge is 0.508 e. The van der Waals surface area contributed by atoms with Gasteiger partial charge in [0.25, 0.3) is 5.91 Å². The summed E-state index contributed by atoms with van der Waals surface area (Å²) in [6.07, 6.45) is 5.18. The van der Waals surface area contributed by atoms with Gasteiger partial charge < -0.3 is 78.6 Å². The standard InChI is InChI=1S/C61H86N16O14/c1-7-76(60(90)50-15-11-23-77(50)91-35(6)79)59(89)43(14-10-22-65-61(62)63)69-53(83)44(24-33(2)3)70-54(84)45(25-34(4)5)71-55(85)46(26-36-16-18-39(80)19-17-36)72-58(88)49(31-78)75-56(86)47(27-37-29-66-41-13-9-8-12-40(37)41)73-57(87)48(28-38-30-64-32-67-38)74-52(82)42-20-21-51(81)68-42/h8-9,12-13,16-19,29-30,32-34,42-50,66,78,80H,7,10-11,14-15,20-28,31H2,1-6H3,(H,64,67)(H,68,81)(H,69,83)(H,70,84)(H,71,85)(H,72,88)(H,73,87)(H,74,82)(H,75,86)(H4,62,63,65)/t42-,43-,44-,45-,46-,47-,48-,49-,50-/m0/s1. The molecule has 494 valence electrons. The van der Waals surface area contributed by atoms with E-state index in [0.717, 1.165) is 4.90 Å². The summed E-state index contributed by atoms with van der Waals surface area (Å²) in [6.45, 7) is 9.18. The second kappa shape index (κ2) is 33.9. The topological polar surface area (TPSA) is 447 Å². The number of aliphatic hydroxyl groups excluding tert-OH is 1. The zero-order chi connectivity index (χ0) is 66.5. The molecule has 0 aliphatic carbocycles. The number of aliphatic hydroxyl groups is 1. The van der Waals surface area contributed by atoms with Crippen LogP contribution in [0.1, 0.15) is 110 Å². The fourth-order valence-corrected chi connectivity index (χ4v) is 10.8. The number of imide groups is 1. The molecule has 0 radical (unpaired) electrons. The molecule has 0 spiro atoms. The van der Waals surface area contributed by atoms with E-state index in [1.165, 1.54) is 48.8 Å². The van der Waals surface area contributed by atoms with E-state index < -0.39 is 120 Å². The monoisotopic (exact) mass is 1270 g/mol. The highest BCUT2D eigenvalue weighted by Crippen LogP contribution is 2.23. The highest BCUT2D eigenvalue weighted by Gasteiger charge is 2.41. The van der Waals surface area contributed by atoms with Crippen LogP contribution in [0.15, 0.2) is 67.3 Å². The zero-order valence-electron chi connectivity index (χ0n) is 52.0. The summed E-state index contributed by atoms with van der Waals surface area (Å²) in [6, 6.07) is 0.831. The first kappa shape index (κ1) is 70.6. The van der Waals surface area contributed by atoms with Gasteiger partial charge in [0.15, 0.2) is 5.96 Å². The van der Waals surface area contributed by atoms with Crippen molar-refractivity contribution in [2.45, 2.75) is 167 Å². The van der Waals surface area contributed by atoms with E-state index in [1.54, 1.807) is 65.1 Å². The predicted molar refractivity (Wildman–Crippen MR) is 330 cm³/mol. The lowest BCUT2D eigenvalue weighted by Gasteiger charge is -2.31. The van der Waals surface area contributed by atoms with E-state index in [0.29, 0.717) is 40.6 Å². The second-order valence-corrected chi connectivity index (χ2v) is 23.5. The number of hydrogen-bond donors (Lipinski definition) is 15. The Morgan fingerprint density at radius 1 is 0.747 bits per heavy atom. The van der Waals surface area contributed by atoms with Crippen molar-refractivity contribution in [2.24, 2.45) is 17.6 Å². The lowest BCUT2D eigenvalue weighted by atomic mass is 9.98. The van der Waals surface area contributed by atoms with E-state index >= 15 is 0 Å². The average Bonchev–Trinajstić information content (AvgIpc) is 2.15. The van der Waals surface area contributed by atoms with Gasteiger partial charge in [0.05, 0.1) is 12.9 Å². The number of hydroxylamine groups is 2. The molecule has 16 N–H and O–H groups in total. The normalized spacial score (nSPS) is 17.0. The van der Waals surface area contributed by atoms with E-state index in [1.807, 2.05) is 0 Å². The molecule has 2 saturated heterocycles. The van der Waals surface area contributed by atoms with Crippen molar-refractivity contribution in [3.63, 3.8) is 0 Å². The smallest absolute Gasteiger partial charge is 0.322 e. The molecule has 30 nitrogen and oxygen atoms in total. The van der Waals surface area contributed by atoms with Crippen molar-refractivity contribution >= 4 is 81.9 Å². The Morgan fingerprint density at radius 2 is 1.32 bits per heavy atom. The number of aromatic amines is 2. The summed E-state index contributed by atoms with van der Waals surface area (Å²) in [5, 5.41) is 54.4. The molecule has 2 fully saturated rings. The first-order chi connectivity index (χ1) is 43.3. The molecule has 0 saturated carbocycles. The minimum atomic E-state index is -1.77. The number of likely N-dealkylation sites (N-methyl/N-ethyl adjacent to an activating group) is 1. The lowest BCUT2D eigenvalue weighted by Crippen LogP contribution is -2.61. The number of rotatable bonds is 33. The molecule has 4 aromatic rings. The van der Waals surface area contributed by atoms with Crippen molar-refractivity contribution in [2.75, 3.05) is 26.2 Å². The Morgan fingerprint density at radius 3 is 1.88 bits per heavy atom. The van der Waals surface area contributed by atoms with Crippen molar-refractivity contribution in [3.05, 3.63) is 84.1 Å². The fraction of sp³-hybridized carbons (Fsp3) is 0.525. The van der Waals surface area contributed by atoms with Crippen LogP contribution in [0.4, 0.5) is 0 Å². The minimum absolute atomic E-state index is 0.000737. The maximum atomic E-state index is 14.7. The number of aromatic hydroxyl groups is 1. The Bertz CT molecular complexity index is 3210. The van der Waals surface area contributed by atoms with E-state index in [9.17, 15) is 63.0 Å². The molecule has 0 bridgehead atoms. The summed E-state index contributed by atoms with van der Waals surface area (Å²) in [5.41, 5.74) is 7.65. The van der Waals surface area contributed by atoms with Gasteiger partial charge in [-0.05, 0) is 93.0 Å². The van der Waals surface area contributed by atoms with E-state index in [2.05, 4.69) is 62.8 Å². The molecule has 2 aromatic carbocycles. The van der Waals surface area contributed by atoms with Crippen LogP contribution in [-0.4, -0.2) is 187 Å². The van der Waals surface area contributed by atoms with E-state index in [4.69, 9.17) is 16.0 Å². The number of carbonyl (C=O) groups is 11. The van der Waals surface area contributed by atoms with Gasteiger partial charge in [-0.3, -0.25) is 63.0 Å². The van der Waals surface area contributed by atoms with Crippen LogP contribution in [0.5, 0.6) is 5.75 Å². The summed E-state index contributed by atoms with van der Waals surface area (Å²) >= 11 is 0. The number of amides is 10. The van der Waals surface area contributed by atoms with Crippen LogP contribution in [0.3, 0.4) is 0 Å². The predicted octanol–water partition coefficient (Wildman–Crippen LogP) is -1.04. The number of nitrogens with two attached hydrogens (primary N) is 1. The summed E-state index contributed by atoms with van der Waals surface area (Å²) in [7, 11) is 0. The van der Waals surface area contributed by atoms with Gasteiger partial charge in [-0.2, -0.15) is 0 Å². The number of aromatic nitrogens is 3. The zero-order valence-corrected chi connectivity index (χ0v) is 52.0. The Kier molecular flexibility index (Phi) is 26.3. The molecule has 2 aliphatic heterocycles. The van der Waals surface area contributed by atoms with Gasteiger partial charge in [-0.1, -0.05) is 58.0 Å². The van der Waals surface area contributed by atoms with Crippen LogP contribution < -0.4 is 53.6 Å². The number of guanidine groups is 1. The van der Waals surface area contributed by atoms with Gasteiger partial charge in [-0.25, -0.2) is 4.98 Å². The first-order valence-corrected chi connectivity index (χ1v) is 30.6. The first-order valence-electron chi connectivity index (χ1n) is 30.6. The van der Waals surface area contributed by atoms with Gasteiger partial charge >= 0.3 is 5.97 Å². The third-order valence-corrected chi connectivity index (χ3v) is 15.3. The fourth-order valence-electron chi connectivity index (χ4n) is 10.8. The molecule has 4 heterocycles. The average molecular weight is 1270 g/mol. The number of H-pyrrole nitrogens is 2. The number of nitrogens with zero attached hydrogens (tertiary/aromatic N) is 3. The molecule has 9 atom stereocenters. The molecular formula is C61H86N16O14. The number of hydrogen-bond acceptors (Lipinski definition) is 17. The number of carbonyl (C=O) groups excluding carboxylic acids is 11. The van der Waals surface area contributed by atoms with Crippen molar-refractivity contribution < 1.29 is 67.8 Å². The van der Waals surface area contributed by atoms with Crippen molar-refractivity contribution in [3.8, 4) is 5.75 Å². The number of benzene rings is 2. The highest BCUT2D eigenvalue weighted by molar-refractivity contribution is 6.03. The third kappa shape index (κ3) is 21.1. The third-order valence-electron chi connectivity index (χ3n) is 15.3. The van der Waals surface area contributed by atoms with Crippen LogP contribution in [0.25, 0.3) is 10.9 Å². The van der Waals surface area contributed by atoms with Crippen molar-refractivity contribution in [1.82, 2.24) is 72.8 Å². The molecule has 2 aromatic heterocycles. The molecule has 91 heavy (non-hydrogen) atoms. The number of imidazole rings is 1. The second-order valence-electron chi connectivity index (χ2n) is 23.5. The quantitative estimate of drug-likeness (QED) is 0.0154. The molecular weight excluding hydrogens is 1180 g/mol. The minimum Gasteiger partial charge on any atom is -0.508 e. The molecule has 0 unspecified atom stereocenters. The van der Waals surface area contributed by atoms with Crippen molar-refractivity contribution in [1.29, 1.82) is 5.41 Å². The molecule has 6 rings (SSSR count). The van der Waals surface area contributed by atoms with Crippen LogP contribution in [0.2, 0.25) is 0 Å². The Labute approximate surface area is 526 Å². The number of phenolic OH excluding ortho intramolecular Hbond substituents is 1. The molecule has 30 heteroatoms. The van der Waals surface area contributed by atoms with E-state index in [-0.39, 0.29) is 107 Å². The lowest BCUT2D eigenvalue weighted by molar-refractivity contribution is -0.195. The number of phenols is 1. The SMILES string of the molecule is CCN(C(=O)[C@H](CCCNC(=N)N)NC(=O)[C@H](CC(C)C)NC(=O)[C@H](CC(C)C)NC(=O)[C@H](Cc1ccc(O)cc1)NC(=O)[C@H](CO)NC(=O)[C@H](Cc1c[nH]c2ccccc12)NC(=O)[C@H](Cc1cnc[nH]1)NC(=O)[C@@H]1CCC(=O)N1)C(=O)[C@@H]1CCCN1OC(C)=O. The van der Waals surface area contributed by atoms with Crippen LogP contribution >= 0.6 is 0 Å². The summed E-state index contributed by atoms with van der Waals surface area (Å²) in [5.74, 6) is -9.35. The van der Waals surface area contributed by atoms with Gasteiger partial charge in [0.2, 0.25) is 53.2 Å². The highest BCUT2D eigenvalue weighted by atomic mass is 16.7. The number of para-hydroxylation sites is 1. The maximum Gasteiger partial charge on any atom is 0.322 e. The van der Waals surface area contributed by atoms with Crippen LogP contribution in [-0.2, 0) is 76.8 Å². The maximum absolute atomic E-state index is 14.7. The summed E-state index contributed by atoms with van der Waals surface area (Å²) < 4.78 is 0. The van der Waals surface area contributed by atoms with Gasteiger partial charge in [-0.15, -0.1) is 5.06 Å².